The summed E-state index contributed by atoms with van der Waals surface area (Å²) in [5.74, 6) is -1.20. The summed E-state index contributed by atoms with van der Waals surface area (Å²) in [4.78, 5) is 35.8. The minimum atomic E-state index is -1.20. The predicted molar refractivity (Wildman–Crippen MR) is 62.3 cm³/mol. The lowest BCUT2D eigenvalue weighted by Crippen LogP contribution is -2.48. The van der Waals surface area contributed by atoms with Crippen molar-refractivity contribution in [2.45, 2.75) is 51.6 Å². The van der Waals surface area contributed by atoms with Crippen molar-refractivity contribution in [1.29, 1.82) is 0 Å². The van der Waals surface area contributed by atoms with Crippen molar-refractivity contribution in [2.75, 3.05) is 0 Å². The lowest BCUT2D eigenvalue weighted by molar-refractivity contribution is -0.185. The Bertz CT molecular complexity index is 286. The molecular weight excluding hydrogens is 243 g/mol. The van der Waals surface area contributed by atoms with Gasteiger partial charge >= 0.3 is 12.0 Å². The molecule has 0 unspecified atom stereocenters. The number of unbranched alkanes of at least 4 members (excludes halogenated alkanes) is 2. The van der Waals surface area contributed by atoms with Crippen LogP contribution in [0.4, 0.5) is 9.32 Å². The van der Waals surface area contributed by atoms with Gasteiger partial charge in [0.1, 0.15) is 12.3 Å². The van der Waals surface area contributed by atoms with E-state index in [9.17, 15) is 18.9 Å². The zero-order valence-electron chi connectivity index (χ0n) is 10.6. The highest BCUT2D eigenvalue weighted by Gasteiger charge is 2.19. The van der Waals surface area contributed by atoms with E-state index in [0.717, 1.165) is 19.3 Å². The van der Waals surface area contributed by atoms with Crippen molar-refractivity contribution >= 4 is 18.3 Å². The minimum absolute atomic E-state index is 0.534. The third-order valence-electron chi connectivity index (χ3n) is 2.38. The zero-order valence-corrected chi connectivity index (χ0v) is 10.6. The average Bonchev–Trinajstić information content (AvgIpc) is 2.36. The number of hydrogen-bond acceptors (Lipinski definition) is 4. The maximum atomic E-state index is 11.5. The molecule has 0 radical (unpaired) electrons. The summed E-state index contributed by atoms with van der Waals surface area (Å²) in [5, 5.41) is 4.55. The molecule has 0 saturated carbocycles. The van der Waals surface area contributed by atoms with Crippen LogP contribution in [0.3, 0.4) is 0 Å². The van der Waals surface area contributed by atoms with Crippen LogP contribution in [-0.2, 0) is 14.5 Å². The third kappa shape index (κ3) is 6.82. The molecule has 0 aliphatic heterocycles. The number of rotatable bonds is 8. The molecule has 0 heterocycles. The second kappa shape index (κ2) is 9.38. The Balaban J connectivity index is 4.03. The Morgan fingerprint density at radius 2 is 2.00 bits per heavy atom. The normalized spacial score (nSPS) is 13.3. The highest BCUT2D eigenvalue weighted by molar-refractivity contribution is 5.84. The maximum Gasteiger partial charge on any atom is 0.370 e. The lowest BCUT2D eigenvalue weighted by atomic mass is 10.1. The molecule has 0 fully saturated rings. The van der Waals surface area contributed by atoms with E-state index < -0.39 is 24.1 Å². The quantitative estimate of drug-likeness (QED) is 0.509. The Morgan fingerprint density at radius 3 is 2.50 bits per heavy atom. The fraction of sp³-hybridized carbons (Fsp3) is 0.727. The van der Waals surface area contributed by atoms with Gasteiger partial charge in [-0.3, -0.25) is 4.94 Å². The number of carbonyl (C=O) groups is 3. The predicted octanol–water partition coefficient (Wildman–Crippen LogP) is 1.25. The van der Waals surface area contributed by atoms with Crippen LogP contribution in [0.1, 0.15) is 39.5 Å². The summed E-state index contributed by atoms with van der Waals surface area (Å²) >= 11 is 0. The summed E-state index contributed by atoms with van der Waals surface area (Å²) < 4.78 is 11.5. The largest absolute Gasteiger partial charge is 0.370 e. The molecule has 7 heteroatoms. The zero-order chi connectivity index (χ0) is 14.0. The van der Waals surface area contributed by atoms with Gasteiger partial charge in [0.15, 0.2) is 0 Å². The van der Waals surface area contributed by atoms with Crippen LogP contribution in [0.2, 0.25) is 0 Å². The molecule has 2 amide bonds. The number of nitrogens with one attached hydrogen (secondary N) is 2. The van der Waals surface area contributed by atoms with Gasteiger partial charge in [-0.25, -0.2) is 9.59 Å². The van der Waals surface area contributed by atoms with Crippen molar-refractivity contribution in [3.63, 3.8) is 0 Å². The lowest BCUT2D eigenvalue weighted by Gasteiger charge is -2.15. The fourth-order valence-corrected chi connectivity index (χ4v) is 1.32. The molecule has 18 heavy (non-hydrogen) atoms. The van der Waals surface area contributed by atoms with Gasteiger partial charge in [0.25, 0.3) is 0 Å². The first-order valence-corrected chi connectivity index (χ1v) is 5.89. The summed E-state index contributed by atoms with van der Waals surface area (Å²) in [5.41, 5.74) is 0. The summed E-state index contributed by atoms with van der Waals surface area (Å²) in [7, 11) is 0. The Morgan fingerprint density at radius 1 is 1.33 bits per heavy atom. The van der Waals surface area contributed by atoms with E-state index in [4.69, 9.17) is 0 Å². The van der Waals surface area contributed by atoms with E-state index in [2.05, 4.69) is 15.6 Å². The summed E-state index contributed by atoms with van der Waals surface area (Å²) in [6.45, 7) is 3.30. The maximum absolute atomic E-state index is 11.5. The molecule has 2 atom stereocenters. The summed E-state index contributed by atoms with van der Waals surface area (Å²) in [6.07, 6.45) is 3.97. The monoisotopic (exact) mass is 262 g/mol. The molecule has 2 N–H and O–H groups in total. The molecule has 0 aromatic carbocycles. The van der Waals surface area contributed by atoms with Crippen molar-refractivity contribution in [2.24, 2.45) is 0 Å². The second-order valence-electron chi connectivity index (χ2n) is 3.97. The van der Waals surface area contributed by atoms with Crippen LogP contribution in [0.15, 0.2) is 0 Å². The van der Waals surface area contributed by atoms with Crippen LogP contribution in [0, 0.1) is 0 Å². The van der Waals surface area contributed by atoms with E-state index in [0.29, 0.717) is 12.7 Å². The second-order valence-corrected chi connectivity index (χ2v) is 3.97. The number of amides is 2. The van der Waals surface area contributed by atoms with E-state index in [1.807, 2.05) is 6.92 Å². The molecule has 0 bridgehead atoms. The van der Waals surface area contributed by atoms with Gasteiger partial charge in [0.2, 0.25) is 0 Å². The topological polar surface area (TPSA) is 84.5 Å². The van der Waals surface area contributed by atoms with Gasteiger partial charge in [-0.2, -0.15) is 0 Å². The highest BCUT2D eigenvalue weighted by atomic mass is 19.3. The highest BCUT2D eigenvalue weighted by Crippen LogP contribution is 2.01. The van der Waals surface area contributed by atoms with Gasteiger partial charge in [-0.15, -0.1) is 0 Å². The standard InChI is InChI=1S/C11H19FN2O4/c1-3-4-5-6-9(7-15)14-11(17)13-8(2)10(16)18-12/h7-9H,3-6H2,1-2H3,(H2,13,14,17)/t8-,9-/m0/s1. The fourth-order valence-electron chi connectivity index (χ4n) is 1.32. The van der Waals surface area contributed by atoms with Gasteiger partial charge in [-0.1, -0.05) is 26.2 Å². The molecule has 6 nitrogen and oxygen atoms in total. The molecule has 0 rings (SSSR count). The number of aldehydes is 1. The molecule has 0 aromatic rings. The van der Waals surface area contributed by atoms with Crippen LogP contribution >= 0.6 is 0 Å². The molecule has 0 spiro atoms. The first kappa shape index (κ1) is 16.3. The van der Waals surface area contributed by atoms with E-state index in [-0.39, 0.29) is 0 Å². The Kier molecular flexibility index (Phi) is 8.51. The molecule has 0 saturated heterocycles. The van der Waals surface area contributed by atoms with E-state index in [1.54, 1.807) is 0 Å². The van der Waals surface area contributed by atoms with Gasteiger partial charge < -0.3 is 15.4 Å². The Labute approximate surface area is 105 Å². The number of hydrogen-bond donors (Lipinski definition) is 2. The molecule has 0 aliphatic rings. The van der Waals surface area contributed by atoms with Crippen molar-refractivity contribution in [3.05, 3.63) is 0 Å². The van der Waals surface area contributed by atoms with Crippen LogP contribution in [0.25, 0.3) is 0 Å². The van der Waals surface area contributed by atoms with E-state index in [1.165, 1.54) is 6.92 Å². The first-order valence-electron chi connectivity index (χ1n) is 5.89. The van der Waals surface area contributed by atoms with Gasteiger partial charge in [-0.05, 0) is 13.3 Å². The molecule has 0 aliphatic carbocycles. The Hall–Kier alpha value is -1.66. The van der Waals surface area contributed by atoms with Gasteiger partial charge in [0.05, 0.1) is 6.04 Å². The molecular formula is C11H19FN2O4. The minimum Gasteiger partial charge on any atom is -0.329 e. The van der Waals surface area contributed by atoms with Crippen LogP contribution in [-0.4, -0.2) is 30.4 Å². The van der Waals surface area contributed by atoms with Crippen LogP contribution < -0.4 is 10.6 Å². The van der Waals surface area contributed by atoms with Gasteiger partial charge in [0, 0.05) is 4.53 Å². The third-order valence-corrected chi connectivity index (χ3v) is 2.38. The van der Waals surface area contributed by atoms with Crippen molar-refractivity contribution in [3.8, 4) is 0 Å². The van der Waals surface area contributed by atoms with Crippen molar-refractivity contribution in [1.82, 2.24) is 10.6 Å². The van der Waals surface area contributed by atoms with Crippen LogP contribution in [0.5, 0.6) is 0 Å². The summed E-state index contributed by atoms with van der Waals surface area (Å²) in [6, 6.07) is -2.43. The number of carbonyl (C=O) groups excluding carboxylic acids is 3. The first-order chi connectivity index (χ1) is 8.54. The van der Waals surface area contributed by atoms with E-state index >= 15 is 0 Å². The SMILES string of the molecule is CCCCC[C@@H](C=O)NC(=O)N[C@@H](C)C(=O)OF. The van der Waals surface area contributed by atoms with Crippen molar-refractivity contribution < 1.29 is 23.9 Å². The molecule has 104 valence electrons. The smallest absolute Gasteiger partial charge is 0.329 e. The number of halogens is 1. The number of urea groups is 1. The molecule has 0 aromatic heterocycles. The average molecular weight is 262 g/mol.